The largest absolute Gasteiger partial charge is 0.484 e. The van der Waals surface area contributed by atoms with Crippen molar-refractivity contribution in [3.05, 3.63) is 62.7 Å². The summed E-state index contributed by atoms with van der Waals surface area (Å²) in [6.45, 7) is 4.86. The lowest BCUT2D eigenvalue weighted by Gasteiger charge is -2.10. The number of ether oxygens (including phenoxy) is 1. The highest BCUT2D eigenvalue weighted by atomic mass is 19.1. The minimum Gasteiger partial charge on any atom is -0.484 e. The summed E-state index contributed by atoms with van der Waals surface area (Å²) < 4.78 is 19.2. The molecule has 6 heteroatoms. The molecule has 110 valence electrons. The number of rotatable bonds is 4. The van der Waals surface area contributed by atoms with Gasteiger partial charge in [0.25, 0.3) is 5.69 Å². The molecular weight excluding hydrogens is 275 g/mol. The van der Waals surface area contributed by atoms with Gasteiger partial charge in [0.1, 0.15) is 6.61 Å². The Labute approximate surface area is 121 Å². The van der Waals surface area contributed by atoms with Crippen molar-refractivity contribution in [2.45, 2.75) is 27.4 Å². The predicted octanol–water partition coefficient (Wildman–Crippen LogP) is 3.63. The number of benzene rings is 1. The second-order valence-corrected chi connectivity index (χ2v) is 4.79. The first kappa shape index (κ1) is 14.9. The van der Waals surface area contributed by atoms with Crippen LogP contribution in [0.1, 0.15) is 22.4 Å². The lowest BCUT2D eigenvalue weighted by atomic mass is 10.1. The highest BCUT2D eigenvalue weighted by molar-refractivity contribution is 5.47. The van der Waals surface area contributed by atoms with E-state index in [1.54, 1.807) is 32.9 Å². The summed E-state index contributed by atoms with van der Waals surface area (Å²) in [6, 6.07) is 4.84. The zero-order chi connectivity index (χ0) is 15.6. The van der Waals surface area contributed by atoms with Gasteiger partial charge in [0.2, 0.25) is 0 Å². The van der Waals surface area contributed by atoms with Gasteiger partial charge in [-0.15, -0.1) is 0 Å². The fourth-order valence-corrected chi connectivity index (χ4v) is 2.07. The van der Waals surface area contributed by atoms with Crippen LogP contribution < -0.4 is 4.74 Å². The average Bonchev–Trinajstić information content (AvgIpc) is 2.42. The van der Waals surface area contributed by atoms with Crippen molar-refractivity contribution in [2.24, 2.45) is 0 Å². The number of hydrogen-bond acceptors (Lipinski definition) is 4. The highest BCUT2D eigenvalue weighted by Gasteiger charge is 2.19. The molecule has 0 fully saturated rings. The highest BCUT2D eigenvalue weighted by Crippen LogP contribution is 2.26. The minimum atomic E-state index is -0.441. The van der Waals surface area contributed by atoms with Crippen molar-refractivity contribution in [1.29, 1.82) is 0 Å². The number of aryl methyl sites for hydroxylation is 2. The van der Waals surface area contributed by atoms with Crippen molar-refractivity contribution in [1.82, 2.24) is 4.98 Å². The summed E-state index contributed by atoms with van der Waals surface area (Å²) in [6.07, 6.45) is 1.43. The standard InChI is InChI=1S/C15H15FN2O3/c1-9-5-4-6-13(14(9)16)21-8-12-11(3)15(18(19)20)10(2)7-17-12/h4-7H,8H2,1-3H3. The third-order valence-corrected chi connectivity index (χ3v) is 3.28. The van der Waals surface area contributed by atoms with Gasteiger partial charge in [0.15, 0.2) is 11.6 Å². The molecule has 0 spiro atoms. The zero-order valence-electron chi connectivity index (χ0n) is 12.0. The quantitative estimate of drug-likeness (QED) is 0.637. The van der Waals surface area contributed by atoms with E-state index in [-0.39, 0.29) is 18.0 Å². The number of aromatic nitrogens is 1. The van der Waals surface area contributed by atoms with Gasteiger partial charge in [0, 0.05) is 11.8 Å². The van der Waals surface area contributed by atoms with Crippen LogP contribution in [0.15, 0.2) is 24.4 Å². The topological polar surface area (TPSA) is 65.3 Å². The van der Waals surface area contributed by atoms with Gasteiger partial charge in [-0.25, -0.2) is 4.39 Å². The van der Waals surface area contributed by atoms with E-state index in [1.807, 2.05) is 0 Å². The molecule has 0 saturated carbocycles. The Morgan fingerprint density at radius 3 is 2.67 bits per heavy atom. The van der Waals surface area contributed by atoms with Crippen LogP contribution >= 0.6 is 0 Å². The first-order valence-electron chi connectivity index (χ1n) is 6.39. The third-order valence-electron chi connectivity index (χ3n) is 3.28. The van der Waals surface area contributed by atoms with E-state index in [1.165, 1.54) is 12.3 Å². The van der Waals surface area contributed by atoms with Gasteiger partial charge < -0.3 is 4.74 Å². The molecule has 0 amide bonds. The summed E-state index contributed by atoms with van der Waals surface area (Å²) in [4.78, 5) is 14.7. The molecule has 5 nitrogen and oxygen atoms in total. The maximum Gasteiger partial charge on any atom is 0.278 e. The second-order valence-electron chi connectivity index (χ2n) is 4.79. The van der Waals surface area contributed by atoms with Gasteiger partial charge >= 0.3 is 0 Å². The number of pyridine rings is 1. The number of nitro groups is 1. The van der Waals surface area contributed by atoms with E-state index in [9.17, 15) is 14.5 Å². The minimum absolute atomic E-state index is 0.0205. The molecule has 0 radical (unpaired) electrons. The predicted molar refractivity (Wildman–Crippen MR) is 75.8 cm³/mol. The van der Waals surface area contributed by atoms with Crippen LogP contribution in [0.5, 0.6) is 5.75 Å². The fraction of sp³-hybridized carbons (Fsp3) is 0.267. The molecule has 0 N–H and O–H groups in total. The molecule has 0 aliphatic carbocycles. The van der Waals surface area contributed by atoms with Crippen molar-refractivity contribution in [3.8, 4) is 5.75 Å². The van der Waals surface area contributed by atoms with Crippen molar-refractivity contribution in [3.63, 3.8) is 0 Å². The van der Waals surface area contributed by atoms with Crippen LogP contribution in [0.3, 0.4) is 0 Å². The number of hydrogen-bond donors (Lipinski definition) is 0. The van der Waals surface area contributed by atoms with E-state index in [0.29, 0.717) is 22.4 Å². The Hall–Kier alpha value is -2.50. The molecule has 2 aromatic rings. The molecule has 0 aliphatic rings. The summed E-state index contributed by atoms with van der Waals surface area (Å²) >= 11 is 0. The molecule has 21 heavy (non-hydrogen) atoms. The lowest BCUT2D eigenvalue weighted by molar-refractivity contribution is -0.386. The lowest BCUT2D eigenvalue weighted by Crippen LogP contribution is -2.06. The molecule has 0 bridgehead atoms. The second kappa shape index (κ2) is 5.87. The van der Waals surface area contributed by atoms with E-state index < -0.39 is 10.7 Å². The van der Waals surface area contributed by atoms with Crippen LogP contribution in [0, 0.1) is 36.7 Å². The Morgan fingerprint density at radius 1 is 1.29 bits per heavy atom. The van der Waals surface area contributed by atoms with Crippen molar-refractivity contribution in [2.75, 3.05) is 0 Å². The van der Waals surface area contributed by atoms with Gasteiger partial charge in [-0.3, -0.25) is 15.1 Å². The summed E-state index contributed by atoms with van der Waals surface area (Å²) in [5, 5.41) is 11.0. The number of halogens is 1. The maximum atomic E-state index is 13.8. The van der Waals surface area contributed by atoms with Crippen LogP contribution in [0.4, 0.5) is 10.1 Å². The molecular formula is C15H15FN2O3. The van der Waals surface area contributed by atoms with E-state index >= 15 is 0 Å². The van der Waals surface area contributed by atoms with E-state index in [4.69, 9.17) is 4.74 Å². The first-order chi connectivity index (χ1) is 9.91. The van der Waals surface area contributed by atoms with Gasteiger partial charge in [0.05, 0.1) is 16.2 Å². The van der Waals surface area contributed by atoms with Gasteiger partial charge in [-0.1, -0.05) is 12.1 Å². The van der Waals surface area contributed by atoms with Crippen molar-refractivity contribution >= 4 is 5.69 Å². The summed E-state index contributed by atoms with van der Waals surface area (Å²) in [5.41, 5.74) is 1.85. The molecule has 2 rings (SSSR count). The van der Waals surface area contributed by atoms with Gasteiger partial charge in [-0.05, 0) is 32.4 Å². The average molecular weight is 290 g/mol. The van der Waals surface area contributed by atoms with Crippen LogP contribution in [0.2, 0.25) is 0 Å². The number of nitrogens with zero attached hydrogens (tertiary/aromatic N) is 2. The Morgan fingerprint density at radius 2 is 2.00 bits per heavy atom. The Bertz CT molecular complexity index is 702. The first-order valence-corrected chi connectivity index (χ1v) is 6.39. The van der Waals surface area contributed by atoms with Gasteiger partial charge in [-0.2, -0.15) is 0 Å². The molecule has 0 unspecified atom stereocenters. The molecule has 1 heterocycles. The fourth-order valence-electron chi connectivity index (χ4n) is 2.07. The van der Waals surface area contributed by atoms with Crippen LogP contribution in [-0.2, 0) is 6.61 Å². The molecule has 0 saturated heterocycles. The molecule has 1 aromatic carbocycles. The SMILES string of the molecule is Cc1cccc(OCc2ncc(C)c([N+](=O)[O-])c2C)c1F. The maximum absolute atomic E-state index is 13.8. The summed E-state index contributed by atoms with van der Waals surface area (Å²) in [7, 11) is 0. The Kier molecular flexibility index (Phi) is 4.16. The zero-order valence-corrected chi connectivity index (χ0v) is 12.0. The van der Waals surface area contributed by atoms with Crippen LogP contribution in [0.25, 0.3) is 0 Å². The monoisotopic (exact) mass is 290 g/mol. The van der Waals surface area contributed by atoms with Crippen molar-refractivity contribution < 1.29 is 14.1 Å². The Balaban J connectivity index is 2.27. The summed E-state index contributed by atoms with van der Waals surface area (Å²) in [5.74, 6) is -0.323. The molecule has 0 atom stereocenters. The normalized spacial score (nSPS) is 10.5. The van der Waals surface area contributed by atoms with E-state index in [0.717, 1.165) is 0 Å². The molecule has 1 aromatic heterocycles. The third kappa shape index (κ3) is 2.99. The molecule has 0 aliphatic heterocycles. The smallest absolute Gasteiger partial charge is 0.278 e. The van der Waals surface area contributed by atoms with Crippen LogP contribution in [-0.4, -0.2) is 9.91 Å². The van der Waals surface area contributed by atoms with E-state index in [2.05, 4.69) is 4.98 Å².